The number of hydrogen-bond acceptors (Lipinski definition) is 4. The van der Waals surface area contributed by atoms with E-state index in [0.29, 0.717) is 22.1 Å². The van der Waals surface area contributed by atoms with Crippen LogP contribution in [0.5, 0.6) is 0 Å². The molecule has 0 bridgehead atoms. The summed E-state index contributed by atoms with van der Waals surface area (Å²) in [5.74, 6) is -1.06. The van der Waals surface area contributed by atoms with Gasteiger partial charge >= 0.3 is 11.7 Å². The Bertz CT molecular complexity index is 1360. The van der Waals surface area contributed by atoms with Crippen LogP contribution in [0.25, 0.3) is 22.8 Å². The van der Waals surface area contributed by atoms with Crippen LogP contribution in [-0.2, 0) is 11.3 Å². The fourth-order valence-electron chi connectivity index (χ4n) is 3.65. The summed E-state index contributed by atoms with van der Waals surface area (Å²) in [5, 5.41) is 9.58. The first kappa shape index (κ1) is 17.7. The van der Waals surface area contributed by atoms with Crippen LogP contribution in [0.2, 0.25) is 5.02 Å². The molecule has 1 aliphatic carbocycles. The van der Waals surface area contributed by atoms with Gasteiger partial charge in [0.15, 0.2) is 0 Å². The molecule has 4 aromatic heterocycles. The second-order valence-corrected chi connectivity index (χ2v) is 7.46. The van der Waals surface area contributed by atoms with Crippen molar-refractivity contribution in [3.05, 3.63) is 69.8 Å². The maximum absolute atomic E-state index is 13.2. The van der Waals surface area contributed by atoms with Gasteiger partial charge < -0.3 is 5.11 Å². The van der Waals surface area contributed by atoms with Crippen molar-refractivity contribution >= 4 is 40.3 Å². The Balaban J connectivity index is 1.70. The third kappa shape index (κ3) is 3.01. The Morgan fingerprint density at radius 3 is 2.90 bits per heavy atom. The average molecular weight is 410 g/mol. The molecule has 146 valence electrons. The van der Waals surface area contributed by atoms with Crippen molar-refractivity contribution in [3.8, 4) is 0 Å². The van der Waals surface area contributed by atoms with Crippen molar-refractivity contribution in [3.63, 3.8) is 0 Å². The van der Waals surface area contributed by atoms with Crippen LogP contribution in [0, 0.1) is 0 Å². The SMILES string of the molecule is O=C(O)/C=C/c1c(Cn2c(=O)n(C3CC3)c3ccncc32)nc2cc(Cl)ccn12. The molecule has 0 amide bonds. The first-order valence-corrected chi connectivity index (χ1v) is 9.53. The summed E-state index contributed by atoms with van der Waals surface area (Å²) >= 11 is 6.08. The molecule has 0 saturated heterocycles. The molecule has 9 heteroatoms. The van der Waals surface area contributed by atoms with Crippen LogP contribution in [-0.4, -0.2) is 34.6 Å². The van der Waals surface area contributed by atoms with Gasteiger partial charge in [-0.2, -0.15) is 0 Å². The van der Waals surface area contributed by atoms with E-state index < -0.39 is 5.97 Å². The number of pyridine rings is 2. The molecule has 0 aromatic carbocycles. The highest BCUT2D eigenvalue weighted by Crippen LogP contribution is 2.36. The van der Waals surface area contributed by atoms with E-state index in [1.54, 1.807) is 39.7 Å². The molecule has 8 nitrogen and oxygen atoms in total. The Morgan fingerprint density at radius 2 is 2.14 bits per heavy atom. The zero-order chi connectivity index (χ0) is 20.1. The molecule has 0 spiro atoms. The Hall–Kier alpha value is -3.39. The molecular formula is C20H16ClN5O3. The number of aliphatic carboxylic acids is 1. The number of carboxylic acid groups (broad SMARTS) is 1. The maximum Gasteiger partial charge on any atom is 0.329 e. The largest absolute Gasteiger partial charge is 0.478 e. The fourth-order valence-corrected chi connectivity index (χ4v) is 3.80. The first-order valence-electron chi connectivity index (χ1n) is 9.15. The van der Waals surface area contributed by atoms with Crippen molar-refractivity contribution in [1.82, 2.24) is 23.5 Å². The van der Waals surface area contributed by atoms with Gasteiger partial charge in [-0.05, 0) is 31.1 Å². The minimum absolute atomic E-state index is 0.112. The second-order valence-electron chi connectivity index (χ2n) is 7.02. The lowest BCUT2D eigenvalue weighted by Gasteiger charge is -2.03. The molecule has 0 radical (unpaired) electrons. The number of nitrogens with zero attached hydrogens (tertiary/aromatic N) is 5. The molecule has 5 rings (SSSR count). The van der Waals surface area contributed by atoms with Crippen LogP contribution in [0.4, 0.5) is 0 Å². The molecule has 29 heavy (non-hydrogen) atoms. The lowest BCUT2D eigenvalue weighted by atomic mass is 10.2. The van der Waals surface area contributed by atoms with E-state index in [2.05, 4.69) is 9.97 Å². The highest BCUT2D eigenvalue weighted by molar-refractivity contribution is 6.30. The van der Waals surface area contributed by atoms with Crippen molar-refractivity contribution in [1.29, 1.82) is 0 Å². The van der Waals surface area contributed by atoms with E-state index in [1.807, 2.05) is 10.6 Å². The number of fused-ring (bicyclic) bond motifs is 2. The smallest absolute Gasteiger partial charge is 0.329 e. The molecule has 1 N–H and O–H groups in total. The molecule has 1 saturated carbocycles. The third-order valence-corrected chi connectivity index (χ3v) is 5.31. The number of carboxylic acids is 1. The summed E-state index contributed by atoms with van der Waals surface area (Å²) in [7, 11) is 0. The summed E-state index contributed by atoms with van der Waals surface area (Å²) in [5.41, 5.74) is 3.20. The summed E-state index contributed by atoms with van der Waals surface area (Å²) in [6.07, 6.45) is 9.59. The van der Waals surface area contributed by atoms with Crippen molar-refractivity contribution in [2.75, 3.05) is 0 Å². The van der Waals surface area contributed by atoms with Gasteiger partial charge in [-0.1, -0.05) is 11.6 Å². The molecule has 4 aromatic rings. The lowest BCUT2D eigenvalue weighted by molar-refractivity contribution is -0.131. The molecule has 0 aliphatic heterocycles. The van der Waals surface area contributed by atoms with Gasteiger partial charge in [-0.15, -0.1) is 0 Å². The van der Waals surface area contributed by atoms with E-state index in [9.17, 15) is 9.59 Å². The Kier molecular flexibility index (Phi) is 4.02. The molecule has 0 atom stereocenters. The van der Waals surface area contributed by atoms with E-state index in [1.165, 1.54) is 6.08 Å². The predicted octanol–water partition coefficient (Wildman–Crippen LogP) is 2.98. The number of imidazole rings is 2. The molecule has 1 aliphatic rings. The minimum atomic E-state index is -1.06. The van der Waals surface area contributed by atoms with E-state index in [-0.39, 0.29) is 18.3 Å². The van der Waals surface area contributed by atoms with Gasteiger partial charge in [-0.25, -0.2) is 14.6 Å². The van der Waals surface area contributed by atoms with Crippen LogP contribution in [0.15, 0.2) is 47.7 Å². The minimum Gasteiger partial charge on any atom is -0.478 e. The lowest BCUT2D eigenvalue weighted by Crippen LogP contribution is -2.24. The van der Waals surface area contributed by atoms with Gasteiger partial charge in [0.25, 0.3) is 0 Å². The summed E-state index contributed by atoms with van der Waals surface area (Å²) < 4.78 is 5.21. The van der Waals surface area contributed by atoms with E-state index in [4.69, 9.17) is 16.7 Å². The standard InChI is InChI=1S/C20H16ClN5O3/c21-12-6-8-24-15(3-4-19(27)28)14(23-18(24)9-12)11-25-17-10-22-7-5-16(17)26(20(25)29)13-1-2-13/h3-10,13H,1-2,11H2,(H,27,28)/b4-3+. The van der Waals surface area contributed by atoms with Gasteiger partial charge in [-0.3, -0.25) is 18.5 Å². The van der Waals surface area contributed by atoms with Crippen molar-refractivity contribution in [2.24, 2.45) is 0 Å². The fraction of sp³-hybridized carbons (Fsp3) is 0.200. The monoisotopic (exact) mass is 409 g/mol. The number of carbonyl (C=O) groups is 1. The quantitative estimate of drug-likeness (QED) is 0.511. The van der Waals surface area contributed by atoms with Gasteiger partial charge in [0.1, 0.15) is 5.65 Å². The van der Waals surface area contributed by atoms with Crippen LogP contribution >= 0.6 is 11.6 Å². The molecule has 4 heterocycles. The number of aromatic nitrogens is 5. The molecular weight excluding hydrogens is 394 g/mol. The first-order chi connectivity index (χ1) is 14.0. The van der Waals surface area contributed by atoms with Gasteiger partial charge in [0.2, 0.25) is 0 Å². The topological polar surface area (TPSA) is 94.4 Å². The zero-order valence-electron chi connectivity index (χ0n) is 15.2. The van der Waals surface area contributed by atoms with Crippen molar-refractivity contribution in [2.45, 2.75) is 25.4 Å². The highest BCUT2D eigenvalue weighted by atomic mass is 35.5. The molecule has 1 fully saturated rings. The number of rotatable bonds is 5. The summed E-state index contributed by atoms with van der Waals surface area (Å²) in [6.45, 7) is 0.194. The third-order valence-electron chi connectivity index (χ3n) is 5.07. The van der Waals surface area contributed by atoms with Crippen LogP contribution < -0.4 is 5.69 Å². The molecule has 0 unspecified atom stereocenters. The van der Waals surface area contributed by atoms with Gasteiger partial charge in [0.05, 0.1) is 35.2 Å². The number of halogens is 1. The average Bonchev–Trinajstić information content (AvgIpc) is 3.41. The summed E-state index contributed by atoms with van der Waals surface area (Å²) in [4.78, 5) is 33.0. The Morgan fingerprint density at radius 1 is 1.31 bits per heavy atom. The normalized spacial score (nSPS) is 14.4. The highest BCUT2D eigenvalue weighted by Gasteiger charge is 2.29. The van der Waals surface area contributed by atoms with Gasteiger partial charge in [0, 0.05) is 35.6 Å². The van der Waals surface area contributed by atoms with Crippen molar-refractivity contribution < 1.29 is 9.90 Å². The van der Waals surface area contributed by atoms with Crippen LogP contribution in [0.1, 0.15) is 30.3 Å². The van der Waals surface area contributed by atoms with Crippen LogP contribution in [0.3, 0.4) is 0 Å². The maximum atomic E-state index is 13.2. The zero-order valence-corrected chi connectivity index (χ0v) is 16.0. The summed E-state index contributed by atoms with van der Waals surface area (Å²) in [6, 6.07) is 5.47. The van der Waals surface area contributed by atoms with E-state index in [0.717, 1.165) is 30.0 Å². The number of hydrogen-bond donors (Lipinski definition) is 1. The predicted molar refractivity (Wildman–Crippen MR) is 108 cm³/mol. The van der Waals surface area contributed by atoms with E-state index >= 15 is 0 Å². The second kappa shape index (κ2) is 6.59. The Labute approximate surface area is 169 Å².